The summed E-state index contributed by atoms with van der Waals surface area (Å²) in [4.78, 5) is 4.56. The van der Waals surface area contributed by atoms with E-state index in [9.17, 15) is 0 Å². The number of methoxy groups -OCH3 is 1. The van der Waals surface area contributed by atoms with Crippen molar-refractivity contribution in [3.63, 3.8) is 0 Å². The van der Waals surface area contributed by atoms with Crippen LogP contribution >= 0.6 is 0 Å². The Kier molecular flexibility index (Phi) is 4.25. The number of aromatic nitrogens is 2. The topological polar surface area (TPSA) is 39.1 Å². The van der Waals surface area contributed by atoms with E-state index < -0.39 is 0 Å². The van der Waals surface area contributed by atoms with Crippen LogP contribution in [0.15, 0.2) is 30.6 Å². The number of imidazole rings is 1. The second kappa shape index (κ2) is 6.31. The molecule has 0 bridgehead atoms. The summed E-state index contributed by atoms with van der Waals surface area (Å²) in [6, 6.07) is 6.95. The first-order valence-electron chi connectivity index (χ1n) is 7.73. The van der Waals surface area contributed by atoms with E-state index in [2.05, 4.69) is 40.1 Å². The van der Waals surface area contributed by atoms with Crippen LogP contribution in [0.2, 0.25) is 0 Å². The summed E-state index contributed by atoms with van der Waals surface area (Å²) in [7, 11) is 1.71. The van der Waals surface area contributed by atoms with E-state index >= 15 is 0 Å². The Balaban J connectivity index is 1.92. The van der Waals surface area contributed by atoms with Gasteiger partial charge in [-0.3, -0.25) is 0 Å². The van der Waals surface area contributed by atoms with Crippen molar-refractivity contribution in [3.05, 3.63) is 36.2 Å². The number of ether oxygens (including phenoxy) is 1. The summed E-state index contributed by atoms with van der Waals surface area (Å²) in [5, 5.41) is 3.59. The average molecular weight is 285 g/mol. The highest BCUT2D eigenvalue weighted by atomic mass is 16.5. The second-order valence-electron chi connectivity index (χ2n) is 5.62. The lowest BCUT2D eigenvalue weighted by Crippen LogP contribution is -2.16. The van der Waals surface area contributed by atoms with E-state index in [0.717, 1.165) is 31.1 Å². The molecule has 1 N–H and O–H groups in total. The molecule has 1 aliphatic carbocycles. The molecule has 0 atom stereocenters. The first-order valence-corrected chi connectivity index (χ1v) is 7.73. The van der Waals surface area contributed by atoms with Gasteiger partial charge in [-0.25, -0.2) is 4.98 Å². The molecule has 1 heterocycles. The maximum absolute atomic E-state index is 5.37. The Hall–Kier alpha value is -1.81. The predicted octanol–water partition coefficient (Wildman–Crippen LogP) is 3.22. The lowest BCUT2D eigenvalue weighted by molar-refractivity contribution is 0.414. The van der Waals surface area contributed by atoms with Gasteiger partial charge in [-0.15, -0.1) is 0 Å². The summed E-state index contributed by atoms with van der Waals surface area (Å²) in [6.07, 6.45) is 7.64. The van der Waals surface area contributed by atoms with Crippen molar-refractivity contribution in [2.45, 2.75) is 45.3 Å². The second-order valence-corrected chi connectivity index (χ2v) is 5.62. The number of aryl methyl sites for hydroxylation is 1. The van der Waals surface area contributed by atoms with Gasteiger partial charge in [0, 0.05) is 37.1 Å². The van der Waals surface area contributed by atoms with Crippen LogP contribution < -0.4 is 10.1 Å². The number of nitrogens with one attached hydrogen (secondary N) is 1. The highest BCUT2D eigenvalue weighted by molar-refractivity contribution is 5.62. The summed E-state index contributed by atoms with van der Waals surface area (Å²) >= 11 is 0. The number of rotatable bonds is 7. The fourth-order valence-electron chi connectivity index (χ4n) is 2.58. The van der Waals surface area contributed by atoms with Crippen molar-refractivity contribution >= 4 is 0 Å². The van der Waals surface area contributed by atoms with Gasteiger partial charge in [0.15, 0.2) is 0 Å². The lowest BCUT2D eigenvalue weighted by Gasteiger charge is -2.13. The molecule has 1 aromatic carbocycles. The summed E-state index contributed by atoms with van der Waals surface area (Å²) in [6.45, 7) is 4.06. The number of hydrogen-bond acceptors (Lipinski definition) is 3. The molecule has 1 saturated carbocycles. The van der Waals surface area contributed by atoms with E-state index in [1.807, 2.05) is 12.3 Å². The molecule has 4 heteroatoms. The Morgan fingerprint density at radius 1 is 1.38 bits per heavy atom. The first-order chi connectivity index (χ1) is 10.3. The molecule has 0 saturated heterocycles. The molecule has 0 radical (unpaired) electrons. The normalized spacial score (nSPS) is 14.4. The van der Waals surface area contributed by atoms with Crippen LogP contribution in [-0.4, -0.2) is 22.7 Å². The SMILES string of the molecule is CCCn1ccnc1-c1ccc(OC)cc1CNC1CC1. The van der Waals surface area contributed by atoms with E-state index in [1.165, 1.54) is 24.0 Å². The Morgan fingerprint density at radius 3 is 2.95 bits per heavy atom. The quantitative estimate of drug-likeness (QED) is 0.849. The van der Waals surface area contributed by atoms with Gasteiger partial charge in [0.25, 0.3) is 0 Å². The smallest absolute Gasteiger partial charge is 0.140 e. The zero-order valence-electron chi connectivity index (χ0n) is 12.8. The molecule has 1 fully saturated rings. The Bertz CT molecular complexity index is 602. The maximum Gasteiger partial charge on any atom is 0.140 e. The zero-order valence-corrected chi connectivity index (χ0v) is 12.8. The van der Waals surface area contributed by atoms with Gasteiger partial charge >= 0.3 is 0 Å². The third kappa shape index (κ3) is 3.27. The molecule has 0 spiro atoms. The molecule has 2 aromatic rings. The van der Waals surface area contributed by atoms with Crippen LogP contribution in [0.4, 0.5) is 0 Å². The molecular weight excluding hydrogens is 262 g/mol. The molecule has 1 aromatic heterocycles. The minimum Gasteiger partial charge on any atom is -0.497 e. The Labute approximate surface area is 126 Å². The van der Waals surface area contributed by atoms with Crippen LogP contribution in [0, 0.1) is 0 Å². The molecule has 1 aliphatic rings. The van der Waals surface area contributed by atoms with Crippen LogP contribution in [0.1, 0.15) is 31.7 Å². The van der Waals surface area contributed by atoms with Crippen LogP contribution in [0.5, 0.6) is 5.75 Å². The number of nitrogens with zero attached hydrogens (tertiary/aromatic N) is 2. The maximum atomic E-state index is 5.37. The fraction of sp³-hybridized carbons (Fsp3) is 0.471. The lowest BCUT2D eigenvalue weighted by atomic mass is 10.1. The highest BCUT2D eigenvalue weighted by Crippen LogP contribution is 2.28. The summed E-state index contributed by atoms with van der Waals surface area (Å²) < 4.78 is 7.60. The van der Waals surface area contributed by atoms with Crippen molar-refractivity contribution in [3.8, 4) is 17.1 Å². The number of benzene rings is 1. The Morgan fingerprint density at radius 2 is 2.24 bits per heavy atom. The molecule has 0 aliphatic heterocycles. The van der Waals surface area contributed by atoms with Crippen molar-refractivity contribution < 1.29 is 4.74 Å². The predicted molar refractivity (Wildman–Crippen MR) is 84.4 cm³/mol. The molecular formula is C17H23N3O. The minimum absolute atomic E-state index is 0.694. The zero-order chi connectivity index (χ0) is 14.7. The van der Waals surface area contributed by atoms with E-state index in [1.54, 1.807) is 7.11 Å². The molecule has 0 amide bonds. The van der Waals surface area contributed by atoms with Gasteiger partial charge in [-0.1, -0.05) is 6.92 Å². The van der Waals surface area contributed by atoms with Gasteiger partial charge < -0.3 is 14.6 Å². The van der Waals surface area contributed by atoms with E-state index in [0.29, 0.717) is 6.04 Å². The van der Waals surface area contributed by atoms with Crippen molar-refractivity contribution in [1.82, 2.24) is 14.9 Å². The van der Waals surface area contributed by atoms with Gasteiger partial charge in [0.05, 0.1) is 7.11 Å². The van der Waals surface area contributed by atoms with Gasteiger partial charge in [-0.2, -0.15) is 0 Å². The molecule has 0 unspecified atom stereocenters. The average Bonchev–Trinajstić information content (AvgIpc) is 3.23. The minimum atomic E-state index is 0.694. The summed E-state index contributed by atoms with van der Waals surface area (Å²) in [5.74, 6) is 1.95. The fourth-order valence-corrected chi connectivity index (χ4v) is 2.58. The van der Waals surface area contributed by atoms with Gasteiger partial charge in [-0.05, 0) is 43.0 Å². The highest BCUT2D eigenvalue weighted by Gasteiger charge is 2.21. The first kappa shape index (κ1) is 14.1. The standard InChI is InChI=1S/C17H23N3O/c1-3-9-20-10-8-18-17(20)16-7-6-15(21-2)11-13(16)12-19-14-4-5-14/h6-8,10-11,14,19H,3-5,9,12H2,1-2H3. The van der Waals surface area contributed by atoms with Crippen molar-refractivity contribution in [1.29, 1.82) is 0 Å². The third-order valence-electron chi connectivity index (χ3n) is 3.89. The monoisotopic (exact) mass is 285 g/mol. The molecule has 4 nitrogen and oxygen atoms in total. The van der Waals surface area contributed by atoms with Crippen molar-refractivity contribution in [2.75, 3.05) is 7.11 Å². The summed E-state index contributed by atoms with van der Waals surface area (Å²) in [5.41, 5.74) is 2.45. The van der Waals surface area contributed by atoms with Gasteiger partial charge in [0.1, 0.15) is 11.6 Å². The largest absolute Gasteiger partial charge is 0.497 e. The molecule has 3 rings (SSSR count). The van der Waals surface area contributed by atoms with Crippen molar-refractivity contribution in [2.24, 2.45) is 0 Å². The van der Waals surface area contributed by atoms with Crippen LogP contribution in [0.3, 0.4) is 0 Å². The third-order valence-corrected chi connectivity index (χ3v) is 3.89. The number of hydrogen-bond donors (Lipinski definition) is 1. The van der Waals surface area contributed by atoms with Crippen LogP contribution in [0.25, 0.3) is 11.4 Å². The van der Waals surface area contributed by atoms with Crippen LogP contribution in [-0.2, 0) is 13.1 Å². The molecule has 21 heavy (non-hydrogen) atoms. The van der Waals surface area contributed by atoms with E-state index in [4.69, 9.17) is 4.74 Å². The molecule has 112 valence electrons. The van der Waals surface area contributed by atoms with Gasteiger partial charge in [0.2, 0.25) is 0 Å². The van der Waals surface area contributed by atoms with E-state index in [-0.39, 0.29) is 0 Å².